The van der Waals surface area contributed by atoms with Crippen molar-refractivity contribution >= 4 is 16.7 Å². The van der Waals surface area contributed by atoms with Crippen LogP contribution in [0.1, 0.15) is 43.2 Å². The van der Waals surface area contributed by atoms with E-state index in [-0.39, 0.29) is 17.5 Å². The quantitative estimate of drug-likeness (QED) is 0.653. The lowest BCUT2D eigenvalue weighted by atomic mass is 10.0. The summed E-state index contributed by atoms with van der Waals surface area (Å²) >= 11 is 0. The Kier molecular flexibility index (Phi) is 5.93. The average Bonchev–Trinajstić information content (AvgIpc) is 2.69. The molecule has 28 heavy (non-hydrogen) atoms. The number of rotatable bonds is 6. The van der Waals surface area contributed by atoms with Gasteiger partial charge in [0.05, 0.1) is 11.9 Å². The molecule has 5 heteroatoms. The molecule has 3 aromatic rings. The van der Waals surface area contributed by atoms with E-state index in [0.717, 1.165) is 12.0 Å². The van der Waals surface area contributed by atoms with Crippen LogP contribution >= 0.6 is 0 Å². The minimum absolute atomic E-state index is 0.0857. The number of amides is 1. The van der Waals surface area contributed by atoms with E-state index >= 15 is 0 Å². The number of hydrogen-bond donors (Lipinski definition) is 0. The summed E-state index contributed by atoms with van der Waals surface area (Å²) in [6.07, 6.45) is 0.907. The molecule has 0 saturated carbocycles. The van der Waals surface area contributed by atoms with E-state index in [1.54, 1.807) is 24.1 Å². The highest BCUT2D eigenvalue weighted by molar-refractivity contribution is 6.04. The zero-order chi connectivity index (χ0) is 20.3. The number of fused-ring (bicyclic) bond motifs is 1. The molecule has 1 amide bonds. The van der Waals surface area contributed by atoms with Crippen LogP contribution in [-0.2, 0) is 6.54 Å². The van der Waals surface area contributed by atoms with Gasteiger partial charge in [0.25, 0.3) is 11.5 Å². The van der Waals surface area contributed by atoms with Crippen LogP contribution in [0.5, 0.6) is 0 Å². The Morgan fingerprint density at radius 3 is 2.25 bits per heavy atom. The molecule has 1 unspecified atom stereocenters. The Hall–Kier alpha value is -2.95. The van der Waals surface area contributed by atoms with Gasteiger partial charge in [-0.3, -0.25) is 9.59 Å². The summed E-state index contributed by atoms with van der Waals surface area (Å²) in [6.45, 7) is 6.65. The lowest BCUT2D eigenvalue weighted by molar-refractivity contribution is 0.0722. The molecule has 2 aromatic carbocycles. The van der Waals surface area contributed by atoms with E-state index < -0.39 is 0 Å². The molecule has 0 saturated heterocycles. The summed E-state index contributed by atoms with van der Waals surface area (Å²) in [5, 5.41) is 5.61. The van der Waals surface area contributed by atoms with Gasteiger partial charge in [-0.15, -0.1) is 0 Å². The first-order valence-electron chi connectivity index (χ1n) is 9.69. The molecule has 5 nitrogen and oxygen atoms in total. The smallest absolute Gasteiger partial charge is 0.274 e. The third-order valence-corrected chi connectivity index (χ3v) is 5.04. The predicted molar refractivity (Wildman–Crippen MR) is 113 cm³/mol. The van der Waals surface area contributed by atoms with Crippen molar-refractivity contribution in [3.8, 4) is 0 Å². The number of benzene rings is 2. The van der Waals surface area contributed by atoms with Gasteiger partial charge in [-0.25, -0.2) is 4.68 Å². The monoisotopic (exact) mass is 377 g/mol. The molecule has 1 atom stereocenters. The minimum Gasteiger partial charge on any atom is -0.338 e. The lowest BCUT2D eigenvalue weighted by Gasteiger charge is -2.26. The van der Waals surface area contributed by atoms with Gasteiger partial charge in [0.15, 0.2) is 5.69 Å². The van der Waals surface area contributed by atoms with Crippen LogP contribution < -0.4 is 5.56 Å². The van der Waals surface area contributed by atoms with Gasteiger partial charge in [-0.1, -0.05) is 62.4 Å². The normalized spacial score (nSPS) is 12.3. The Morgan fingerprint density at radius 1 is 1.00 bits per heavy atom. The molecule has 0 fully saturated rings. The molecule has 146 valence electrons. The van der Waals surface area contributed by atoms with Crippen molar-refractivity contribution in [1.29, 1.82) is 0 Å². The van der Waals surface area contributed by atoms with Gasteiger partial charge in [0.2, 0.25) is 0 Å². The number of carbonyl (C=O) groups excluding carboxylic acids is 1. The molecule has 0 radical (unpaired) electrons. The standard InChI is InChI=1S/C23H27N3O2/c1-16(2)14-17(3)25(4)23(28)21-19-12-8-9-13-20(19)22(27)26(24-21)15-18-10-6-5-7-11-18/h5-13,16-17H,14-15H2,1-4H3. The van der Waals surface area contributed by atoms with Gasteiger partial charge in [-0.05, 0) is 30.9 Å². The van der Waals surface area contributed by atoms with Crippen molar-refractivity contribution in [3.63, 3.8) is 0 Å². The Labute approximate surface area is 165 Å². The fourth-order valence-corrected chi connectivity index (χ4v) is 3.46. The third-order valence-electron chi connectivity index (χ3n) is 5.04. The highest BCUT2D eigenvalue weighted by atomic mass is 16.2. The molecule has 0 aliphatic rings. The van der Waals surface area contributed by atoms with E-state index in [1.807, 2.05) is 49.4 Å². The first kappa shape index (κ1) is 19.8. The summed E-state index contributed by atoms with van der Waals surface area (Å²) in [5.74, 6) is 0.327. The molecule has 0 spiro atoms. The van der Waals surface area contributed by atoms with E-state index in [0.29, 0.717) is 28.9 Å². The second-order valence-corrected chi connectivity index (χ2v) is 7.74. The van der Waals surface area contributed by atoms with Crippen molar-refractivity contribution < 1.29 is 4.79 Å². The number of aromatic nitrogens is 2. The summed E-state index contributed by atoms with van der Waals surface area (Å²) in [4.78, 5) is 27.9. The van der Waals surface area contributed by atoms with Gasteiger partial charge < -0.3 is 4.90 Å². The lowest BCUT2D eigenvalue weighted by Crippen LogP contribution is -2.38. The zero-order valence-corrected chi connectivity index (χ0v) is 16.9. The molecule has 1 aromatic heterocycles. The summed E-state index contributed by atoms with van der Waals surface area (Å²) in [7, 11) is 1.80. The third kappa shape index (κ3) is 4.14. The molecule has 0 bridgehead atoms. The molecular weight excluding hydrogens is 350 g/mol. The average molecular weight is 377 g/mol. The van der Waals surface area contributed by atoms with Crippen LogP contribution in [0.3, 0.4) is 0 Å². The van der Waals surface area contributed by atoms with E-state index in [1.165, 1.54) is 4.68 Å². The number of nitrogens with zero attached hydrogens (tertiary/aromatic N) is 3. The van der Waals surface area contributed by atoms with Gasteiger partial charge in [-0.2, -0.15) is 5.10 Å². The van der Waals surface area contributed by atoms with Crippen LogP contribution in [0.2, 0.25) is 0 Å². The van der Waals surface area contributed by atoms with Crippen molar-refractivity contribution in [2.45, 2.75) is 39.8 Å². The molecule has 3 rings (SSSR count). The second-order valence-electron chi connectivity index (χ2n) is 7.74. The fraction of sp³-hybridized carbons (Fsp3) is 0.348. The van der Waals surface area contributed by atoms with E-state index in [9.17, 15) is 9.59 Å². The Bertz CT molecular complexity index is 1020. The maximum atomic E-state index is 13.2. The largest absolute Gasteiger partial charge is 0.338 e. The van der Waals surface area contributed by atoms with Crippen LogP contribution in [0.25, 0.3) is 10.8 Å². The zero-order valence-electron chi connectivity index (χ0n) is 16.9. The van der Waals surface area contributed by atoms with E-state index in [4.69, 9.17) is 0 Å². The first-order chi connectivity index (χ1) is 13.4. The highest BCUT2D eigenvalue weighted by Crippen LogP contribution is 2.18. The molecule has 1 heterocycles. The molecule has 0 N–H and O–H groups in total. The van der Waals surface area contributed by atoms with Crippen molar-refractivity contribution in [3.05, 3.63) is 76.2 Å². The Balaban J connectivity index is 2.07. The molecule has 0 aliphatic heterocycles. The van der Waals surface area contributed by atoms with Crippen molar-refractivity contribution in [1.82, 2.24) is 14.7 Å². The predicted octanol–water partition coefficient (Wildman–Crippen LogP) is 3.95. The topological polar surface area (TPSA) is 55.2 Å². The van der Waals surface area contributed by atoms with E-state index in [2.05, 4.69) is 18.9 Å². The van der Waals surface area contributed by atoms with Gasteiger partial charge in [0, 0.05) is 18.5 Å². The SMILES string of the molecule is CC(C)CC(C)N(C)C(=O)c1nn(Cc2ccccc2)c(=O)c2ccccc12. The summed E-state index contributed by atoms with van der Waals surface area (Å²) in [5.41, 5.74) is 1.10. The summed E-state index contributed by atoms with van der Waals surface area (Å²) in [6, 6.07) is 17.0. The molecule has 0 aliphatic carbocycles. The first-order valence-corrected chi connectivity index (χ1v) is 9.69. The van der Waals surface area contributed by atoms with Crippen LogP contribution in [0, 0.1) is 5.92 Å². The highest BCUT2D eigenvalue weighted by Gasteiger charge is 2.23. The van der Waals surface area contributed by atoms with Crippen LogP contribution in [0.4, 0.5) is 0 Å². The summed E-state index contributed by atoms with van der Waals surface area (Å²) < 4.78 is 1.39. The van der Waals surface area contributed by atoms with Gasteiger partial charge in [0.1, 0.15) is 0 Å². The molecular formula is C23H27N3O2. The van der Waals surface area contributed by atoms with Crippen molar-refractivity contribution in [2.75, 3.05) is 7.05 Å². The van der Waals surface area contributed by atoms with Gasteiger partial charge >= 0.3 is 0 Å². The fourth-order valence-electron chi connectivity index (χ4n) is 3.46. The Morgan fingerprint density at radius 2 is 1.61 bits per heavy atom. The number of carbonyl (C=O) groups is 1. The minimum atomic E-state index is -0.186. The van der Waals surface area contributed by atoms with Crippen LogP contribution in [-0.4, -0.2) is 33.7 Å². The second kappa shape index (κ2) is 8.38. The van der Waals surface area contributed by atoms with Crippen molar-refractivity contribution in [2.24, 2.45) is 5.92 Å². The number of hydrogen-bond acceptors (Lipinski definition) is 3. The maximum Gasteiger partial charge on any atom is 0.274 e. The maximum absolute atomic E-state index is 13.2. The van der Waals surface area contributed by atoms with Crippen LogP contribution in [0.15, 0.2) is 59.4 Å².